The van der Waals surface area contributed by atoms with E-state index in [1.54, 1.807) is 40.0 Å². The number of nitrogens with zero attached hydrogens (tertiary/aromatic N) is 1. The summed E-state index contributed by atoms with van der Waals surface area (Å²) in [4.78, 5) is 81.8. The fraction of sp³-hybridized carbons (Fsp3) is 0.771. The van der Waals surface area contributed by atoms with E-state index in [-0.39, 0.29) is 25.0 Å². The van der Waals surface area contributed by atoms with Crippen molar-refractivity contribution in [2.24, 2.45) is 23.3 Å². The average Bonchev–Trinajstić information content (AvgIpc) is 3.35. The summed E-state index contributed by atoms with van der Waals surface area (Å²) in [6, 6.07) is -5.19. The maximum Gasteiger partial charge on any atom is 0.247 e. The Kier molecular flexibility index (Phi) is 18.3. The highest BCUT2D eigenvalue weighted by Gasteiger charge is 2.38. The Labute approximate surface area is 291 Å². The van der Waals surface area contributed by atoms with Gasteiger partial charge in [-0.05, 0) is 39.0 Å². The van der Waals surface area contributed by atoms with Gasteiger partial charge in [0, 0.05) is 19.6 Å². The van der Waals surface area contributed by atoms with Gasteiger partial charge in [0.15, 0.2) is 0 Å². The Balaban J connectivity index is 2.56. The molecule has 49 heavy (non-hydrogen) atoms. The summed E-state index contributed by atoms with van der Waals surface area (Å²) in [6.45, 7) is 7.08. The first-order chi connectivity index (χ1) is 23.3. The van der Waals surface area contributed by atoms with Crippen molar-refractivity contribution in [3.05, 3.63) is 12.2 Å². The van der Waals surface area contributed by atoms with Crippen LogP contribution in [0.25, 0.3) is 0 Å². The molecule has 0 bridgehead atoms. The van der Waals surface area contributed by atoms with Crippen molar-refractivity contribution in [3.8, 4) is 0 Å². The molecule has 8 N–H and O–H groups in total. The number of likely N-dealkylation sites (N-methyl/N-ethyl adjacent to an activating group) is 1. The van der Waals surface area contributed by atoms with Crippen molar-refractivity contribution in [3.63, 3.8) is 0 Å². The van der Waals surface area contributed by atoms with E-state index < -0.39 is 78.2 Å². The predicted octanol–water partition coefficient (Wildman–Crippen LogP) is 1.16. The molecule has 0 aromatic rings. The zero-order chi connectivity index (χ0) is 36.5. The number of amides is 6. The molecule has 14 heteroatoms. The van der Waals surface area contributed by atoms with Crippen LogP contribution in [0.4, 0.5) is 0 Å². The molecule has 1 aliphatic heterocycles. The van der Waals surface area contributed by atoms with Crippen LogP contribution in [0.3, 0.4) is 0 Å². The van der Waals surface area contributed by atoms with Crippen LogP contribution in [0.2, 0.25) is 0 Å². The Morgan fingerprint density at radius 3 is 2.10 bits per heavy atom. The molecule has 0 spiro atoms. The third-order valence-corrected chi connectivity index (χ3v) is 9.51. The molecule has 0 radical (unpaired) electrons. The van der Waals surface area contributed by atoms with Crippen LogP contribution >= 0.6 is 0 Å². The van der Waals surface area contributed by atoms with Gasteiger partial charge in [-0.3, -0.25) is 28.8 Å². The van der Waals surface area contributed by atoms with Crippen molar-refractivity contribution in [2.45, 2.75) is 141 Å². The first kappa shape index (κ1) is 41.7. The maximum absolute atomic E-state index is 14.0. The first-order valence-electron chi connectivity index (χ1n) is 18.0. The Bertz CT molecular complexity index is 1140. The van der Waals surface area contributed by atoms with Crippen molar-refractivity contribution in [2.75, 3.05) is 20.2 Å². The van der Waals surface area contributed by atoms with Crippen molar-refractivity contribution in [1.82, 2.24) is 26.2 Å². The van der Waals surface area contributed by atoms with E-state index in [0.29, 0.717) is 19.3 Å². The number of unbranched alkanes of at least 4 members (excludes halogenated alkanes) is 3. The smallest absolute Gasteiger partial charge is 0.247 e. The van der Waals surface area contributed by atoms with E-state index in [2.05, 4.69) is 28.2 Å². The van der Waals surface area contributed by atoms with Gasteiger partial charge in [-0.15, -0.1) is 0 Å². The highest BCUT2D eigenvalue weighted by atomic mass is 16.5. The quantitative estimate of drug-likeness (QED) is 0.111. The lowest BCUT2D eigenvalue weighted by Crippen LogP contribution is -2.61. The number of nitrogens with one attached hydrogen (secondary N) is 4. The maximum atomic E-state index is 14.0. The van der Waals surface area contributed by atoms with Crippen molar-refractivity contribution >= 4 is 35.4 Å². The number of hydrogen-bond donors (Lipinski definition) is 6. The lowest BCUT2D eigenvalue weighted by atomic mass is 9.90. The molecule has 1 aliphatic carbocycles. The van der Waals surface area contributed by atoms with E-state index >= 15 is 0 Å². The molecule has 1 heterocycles. The zero-order valence-electron chi connectivity index (χ0n) is 30.1. The SMILES string of the molecule is C/C=C/[C@H]1C(=O)N[C@@H](C2CCCCCC2)C(=O)N[C@@H](CN)C(=O)N[C@@H](CC(N)=O)C(=O)N[C@H](C)CO[C@H](CCCCCC)[C@@H](C)C(=O)N1C. The van der Waals surface area contributed by atoms with Crippen LogP contribution in [-0.2, 0) is 33.5 Å². The van der Waals surface area contributed by atoms with Crippen LogP contribution in [0.15, 0.2) is 12.2 Å². The van der Waals surface area contributed by atoms with Crippen LogP contribution in [0.5, 0.6) is 0 Å². The second-order valence-corrected chi connectivity index (χ2v) is 13.6. The van der Waals surface area contributed by atoms with E-state index in [1.807, 2.05) is 0 Å². The Hall–Kier alpha value is -3.52. The zero-order valence-corrected chi connectivity index (χ0v) is 30.1. The third-order valence-electron chi connectivity index (χ3n) is 9.51. The summed E-state index contributed by atoms with van der Waals surface area (Å²) in [5.74, 6) is -4.53. The molecule has 0 aromatic heterocycles. The second kappa shape index (κ2) is 21.5. The van der Waals surface area contributed by atoms with E-state index in [1.165, 1.54) is 4.90 Å². The lowest BCUT2D eigenvalue weighted by molar-refractivity contribution is -0.145. The highest BCUT2D eigenvalue weighted by Crippen LogP contribution is 2.26. The largest absolute Gasteiger partial charge is 0.375 e. The minimum Gasteiger partial charge on any atom is -0.375 e. The average molecular weight is 692 g/mol. The standard InChI is InChI=1S/C35H61N7O7/c1-6-8-9-14-18-28-23(4)35(48)42(5)27(15-7-2)33(46)41-30(24-16-12-10-11-13-17-24)34(47)40-26(20-36)32(45)39-25(19-29(37)43)31(44)38-22(3)21-49-28/h7,15,22-28,30H,6,8-14,16-21,36H2,1-5H3,(H2,37,43)(H,38,44)(H,39,45)(H,40,47)(H,41,46)/b15-7+/t22-,23-,25+,26+,27+,28-,30+/m1/s1. The Morgan fingerprint density at radius 1 is 0.878 bits per heavy atom. The van der Waals surface area contributed by atoms with E-state index in [0.717, 1.165) is 51.4 Å². The van der Waals surface area contributed by atoms with Gasteiger partial charge < -0.3 is 42.4 Å². The summed E-state index contributed by atoms with van der Waals surface area (Å²) < 4.78 is 6.26. The van der Waals surface area contributed by atoms with Crippen LogP contribution in [-0.4, -0.2) is 96.9 Å². The van der Waals surface area contributed by atoms with Crippen LogP contribution in [0, 0.1) is 11.8 Å². The molecule has 6 amide bonds. The number of allylic oxidation sites excluding steroid dienone is 1. The molecule has 1 saturated carbocycles. The second-order valence-electron chi connectivity index (χ2n) is 13.6. The Morgan fingerprint density at radius 2 is 1.51 bits per heavy atom. The fourth-order valence-electron chi connectivity index (χ4n) is 6.55. The summed E-state index contributed by atoms with van der Waals surface area (Å²) in [7, 11) is 1.57. The van der Waals surface area contributed by atoms with Gasteiger partial charge >= 0.3 is 0 Å². The molecular formula is C35H61N7O7. The predicted molar refractivity (Wildman–Crippen MR) is 186 cm³/mol. The van der Waals surface area contributed by atoms with Gasteiger partial charge in [0.05, 0.1) is 25.0 Å². The highest BCUT2D eigenvalue weighted by molar-refractivity contribution is 5.97. The molecule has 2 aliphatic rings. The number of hydrogen-bond acceptors (Lipinski definition) is 8. The number of primary amides is 1. The van der Waals surface area contributed by atoms with E-state index in [4.69, 9.17) is 16.2 Å². The third kappa shape index (κ3) is 13.4. The van der Waals surface area contributed by atoms with Gasteiger partial charge in [-0.1, -0.05) is 77.4 Å². The molecule has 2 rings (SSSR count). The minimum atomic E-state index is -1.33. The molecule has 278 valence electrons. The number of carbonyl (C=O) groups is 6. The monoisotopic (exact) mass is 691 g/mol. The van der Waals surface area contributed by atoms with Crippen molar-refractivity contribution < 1.29 is 33.5 Å². The summed E-state index contributed by atoms with van der Waals surface area (Å²) in [5, 5.41) is 10.9. The minimum absolute atomic E-state index is 0.0477. The fourth-order valence-corrected chi connectivity index (χ4v) is 6.55. The number of nitrogens with two attached hydrogens (primary N) is 2. The van der Waals surface area contributed by atoms with Gasteiger partial charge in [0.25, 0.3) is 0 Å². The van der Waals surface area contributed by atoms with Gasteiger partial charge in [-0.25, -0.2) is 0 Å². The molecule has 0 aromatic carbocycles. The number of carbonyl (C=O) groups excluding carboxylic acids is 6. The molecule has 7 atom stereocenters. The van der Waals surface area contributed by atoms with Gasteiger partial charge in [-0.2, -0.15) is 0 Å². The van der Waals surface area contributed by atoms with Crippen LogP contribution in [0.1, 0.15) is 105 Å². The molecule has 1 saturated heterocycles. The topological polar surface area (TPSA) is 215 Å². The molecule has 14 nitrogen and oxygen atoms in total. The number of rotatable bonds is 10. The van der Waals surface area contributed by atoms with Gasteiger partial charge in [0.1, 0.15) is 24.2 Å². The number of ether oxygens (including phenoxy) is 1. The molecular weight excluding hydrogens is 630 g/mol. The summed E-state index contributed by atoms with van der Waals surface area (Å²) in [6.07, 6.45) is 11.9. The molecule has 0 unspecified atom stereocenters. The van der Waals surface area contributed by atoms with E-state index in [9.17, 15) is 28.8 Å². The van der Waals surface area contributed by atoms with Crippen LogP contribution < -0.4 is 32.7 Å². The van der Waals surface area contributed by atoms with Crippen molar-refractivity contribution in [1.29, 1.82) is 0 Å². The normalized spacial score (nSPS) is 29.6. The first-order valence-corrected chi connectivity index (χ1v) is 18.0. The summed E-state index contributed by atoms with van der Waals surface area (Å²) >= 11 is 0. The molecule has 2 fully saturated rings. The summed E-state index contributed by atoms with van der Waals surface area (Å²) in [5.41, 5.74) is 11.3. The lowest BCUT2D eigenvalue weighted by Gasteiger charge is -2.33. The van der Waals surface area contributed by atoms with Gasteiger partial charge in [0.2, 0.25) is 35.4 Å².